The van der Waals surface area contributed by atoms with Crippen molar-refractivity contribution < 1.29 is 9.59 Å². The lowest BCUT2D eigenvalue weighted by Gasteiger charge is -2.35. The number of urea groups is 1. The van der Waals surface area contributed by atoms with Gasteiger partial charge in [0.15, 0.2) is 0 Å². The van der Waals surface area contributed by atoms with Crippen LogP contribution in [-0.4, -0.2) is 45.8 Å². The molecular weight excluding hydrogens is 390 g/mol. The minimum atomic E-state index is -0.123. The molecule has 2 unspecified atom stereocenters. The van der Waals surface area contributed by atoms with Crippen molar-refractivity contribution >= 4 is 11.9 Å². The van der Waals surface area contributed by atoms with Crippen molar-refractivity contribution in [3.8, 4) is 0 Å². The third-order valence-electron chi connectivity index (χ3n) is 6.73. The normalized spacial score (nSPS) is 20.1. The van der Waals surface area contributed by atoms with Crippen LogP contribution in [0.25, 0.3) is 0 Å². The first-order valence-electron chi connectivity index (χ1n) is 11.5. The number of amides is 3. The molecule has 0 radical (unpaired) electrons. The van der Waals surface area contributed by atoms with Gasteiger partial charge in [-0.25, -0.2) is 4.79 Å². The van der Waals surface area contributed by atoms with Crippen molar-refractivity contribution in [1.82, 2.24) is 25.3 Å². The highest BCUT2D eigenvalue weighted by Crippen LogP contribution is 2.29. The number of piperidine rings is 1. The maximum absolute atomic E-state index is 13.1. The molecule has 0 bridgehead atoms. The summed E-state index contributed by atoms with van der Waals surface area (Å²) in [6.07, 6.45) is 7.25. The standard InChI is InChI=1S/C24H33N5O2/c1-3-19(17-8-5-4-6-9-17)23(30)29-14-12-18(13-15-29)26-24(31)27-21-10-7-11-22-20(21)16-25-28(22)2/h4-6,8-9,16,18-19,21H,3,7,10-15H2,1-2H3,(H2,26,27,31). The van der Waals surface area contributed by atoms with Gasteiger partial charge in [-0.05, 0) is 44.1 Å². The summed E-state index contributed by atoms with van der Waals surface area (Å²) >= 11 is 0. The maximum Gasteiger partial charge on any atom is 0.315 e. The van der Waals surface area contributed by atoms with Crippen LogP contribution in [0.1, 0.15) is 67.8 Å². The van der Waals surface area contributed by atoms with Crippen LogP contribution in [0.4, 0.5) is 4.79 Å². The second kappa shape index (κ2) is 9.54. The van der Waals surface area contributed by atoms with E-state index in [0.717, 1.165) is 49.7 Å². The zero-order valence-electron chi connectivity index (χ0n) is 18.5. The summed E-state index contributed by atoms with van der Waals surface area (Å²) in [6, 6.07) is 10.0. The molecule has 0 saturated carbocycles. The van der Waals surface area contributed by atoms with E-state index in [2.05, 4.69) is 22.7 Å². The minimum absolute atomic E-state index is 0.0234. The number of benzene rings is 1. The summed E-state index contributed by atoms with van der Waals surface area (Å²) in [7, 11) is 1.96. The molecular formula is C24H33N5O2. The Morgan fingerprint density at radius 1 is 1.13 bits per heavy atom. The SMILES string of the molecule is CCC(C(=O)N1CCC(NC(=O)NC2CCCc3c2cnn3C)CC1)c1ccccc1. The Morgan fingerprint density at radius 2 is 1.87 bits per heavy atom. The van der Waals surface area contributed by atoms with E-state index in [1.54, 1.807) is 0 Å². The second-order valence-electron chi connectivity index (χ2n) is 8.70. The zero-order valence-corrected chi connectivity index (χ0v) is 18.5. The van der Waals surface area contributed by atoms with E-state index in [9.17, 15) is 9.59 Å². The van der Waals surface area contributed by atoms with E-state index in [4.69, 9.17) is 0 Å². The Labute approximate surface area is 184 Å². The molecule has 1 aromatic carbocycles. The molecule has 31 heavy (non-hydrogen) atoms. The Bertz CT molecular complexity index is 902. The van der Waals surface area contributed by atoms with Crippen LogP contribution < -0.4 is 10.6 Å². The average Bonchev–Trinajstić information content (AvgIpc) is 3.17. The Hall–Kier alpha value is -2.83. The van der Waals surface area contributed by atoms with Gasteiger partial charge in [-0.1, -0.05) is 37.3 Å². The van der Waals surface area contributed by atoms with E-state index in [-0.39, 0.29) is 29.9 Å². The van der Waals surface area contributed by atoms with Crippen LogP contribution in [-0.2, 0) is 18.3 Å². The van der Waals surface area contributed by atoms with E-state index in [1.807, 2.05) is 53.2 Å². The van der Waals surface area contributed by atoms with Gasteiger partial charge in [0.25, 0.3) is 0 Å². The third-order valence-corrected chi connectivity index (χ3v) is 6.73. The van der Waals surface area contributed by atoms with E-state index < -0.39 is 0 Å². The first-order valence-corrected chi connectivity index (χ1v) is 11.5. The fourth-order valence-corrected chi connectivity index (χ4v) is 4.94. The van der Waals surface area contributed by atoms with E-state index in [0.29, 0.717) is 13.1 Å². The average molecular weight is 424 g/mol. The lowest BCUT2D eigenvalue weighted by molar-refractivity contribution is -0.134. The molecule has 166 valence electrons. The van der Waals surface area contributed by atoms with Gasteiger partial charge in [-0.2, -0.15) is 5.10 Å². The summed E-state index contributed by atoms with van der Waals surface area (Å²) in [5, 5.41) is 10.6. The van der Waals surface area contributed by atoms with Gasteiger partial charge >= 0.3 is 6.03 Å². The van der Waals surface area contributed by atoms with Gasteiger partial charge in [0, 0.05) is 37.4 Å². The molecule has 1 aliphatic carbocycles. The van der Waals surface area contributed by atoms with Gasteiger partial charge in [-0.15, -0.1) is 0 Å². The number of carbonyl (C=O) groups is 2. The monoisotopic (exact) mass is 423 g/mol. The minimum Gasteiger partial charge on any atom is -0.342 e. The molecule has 4 rings (SSSR count). The fraction of sp³-hybridized carbons (Fsp3) is 0.542. The summed E-state index contributed by atoms with van der Waals surface area (Å²) in [5.74, 6) is 0.108. The number of rotatable bonds is 5. The molecule has 2 atom stereocenters. The predicted molar refractivity (Wildman–Crippen MR) is 120 cm³/mol. The molecule has 2 aliphatic rings. The number of likely N-dealkylation sites (tertiary alicyclic amines) is 1. The van der Waals surface area contributed by atoms with E-state index in [1.165, 1.54) is 5.69 Å². The van der Waals surface area contributed by atoms with Crippen molar-refractivity contribution in [2.24, 2.45) is 7.05 Å². The Balaban J connectivity index is 1.27. The van der Waals surface area contributed by atoms with Gasteiger partial charge in [-0.3, -0.25) is 9.48 Å². The molecule has 2 N–H and O–H groups in total. The first kappa shape index (κ1) is 21.4. The number of fused-ring (bicyclic) bond motifs is 1. The largest absolute Gasteiger partial charge is 0.342 e. The molecule has 7 nitrogen and oxygen atoms in total. The van der Waals surface area contributed by atoms with Crippen molar-refractivity contribution in [3.05, 3.63) is 53.3 Å². The Morgan fingerprint density at radius 3 is 2.58 bits per heavy atom. The summed E-state index contributed by atoms with van der Waals surface area (Å²) in [4.78, 5) is 27.6. The molecule has 1 fully saturated rings. The Kier molecular flexibility index (Phi) is 6.59. The van der Waals surface area contributed by atoms with E-state index >= 15 is 0 Å². The number of hydrogen-bond donors (Lipinski definition) is 2. The molecule has 3 amide bonds. The molecule has 2 heterocycles. The van der Waals surface area contributed by atoms with Gasteiger partial charge < -0.3 is 15.5 Å². The summed E-state index contributed by atoms with van der Waals surface area (Å²) < 4.78 is 1.91. The molecule has 7 heteroatoms. The van der Waals surface area contributed by atoms with Crippen molar-refractivity contribution in [1.29, 1.82) is 0 Å². The highest BCUT2D eigenvalue weighted by atomic mass is 16.2. The van der Waals surface area contributed by atoms with Crippen molar-refractivity contribution in [2.75, 3.05) is 13.1 Å². The quantitative estimate of drug-likeness (QED) is 0.775. The number of aryl methyl sites for hydroxylation is 1. The van der Waals surface area contributed by atoms with Crippen LogP contribution in [0.5, 0.6) is 0 Å². The predicted octanol–water partition coefficient (Wildman–Crippen LogP) is 3.28. The highest BCUT2D eigenvalue weighted by Gasteiger charge is 2.30. The lowest BCUT2D eigenvalue weighted by atomic mass is 9.93. The smallest absolute Gasteiger partial charge is 0.315 e. The second-order valence-corrected chi connectivity index (χ2v) is 8.70. The fourth-order valence-electron chi connectivity index (χ4n) is 4.94. The number of carbonyl (C=O) groups excluding carboxylic acids is 2. The number of nitrogens with zero attached hydrogens (tertiary/aromatic N) is 3. The van der Waals surface area contributed by atoms with Crippen LogP contribution >= 0.6 is 0 Å². The molecule has 2 aromatic rings. The van der Waals surface area contributed by atoms with Gasteiger partial charge in [0.2, 0.25) is 5.91 Å². The topological polar surface area (TPSA) is 79.3 Å². The van der Waals surface area contributed by atoms with Gasteiger partial charge in [0.1, 0.15) is 0 Å². The number of hydrogen-bond acceptors (Lipinski definition) is 3. The van der Waals surface area contributed by atoms with Crippen molar-refractivity contribution in [3.63, 3.8) is 0 Å². The lowest BCUT2D eigenvalue weighted by Crippen LogP contribution is -2.50. The molecule has 1 aromatic heterocycles. The summed E-state index contributed by atoms with van der Waals surface area (Å²) in [6.45, 7) is 3.43. The zero-order chi connectivity index (χ0) is 21.8. The van der Waals surface area contributed by atoms with Crippen LogP contribution in [0.2, 0.25) is 0 Å². The summed E-state index contributed by atoms with van der Waals surface area (Å²) in [5.41, 5.74) is 3.43. The first-order chi connectivity index (χ1) is 15.1. The number of aromatic nitrogens is 2. The molecule has 1 aliphatic heterocycles. The van der Waals surface area contributed by atoms with Gasteiger partial charge in [0.05, 0.1) is 18.2 Å². The third kappa shape index (κ3) is 4.75. The van der Waals surface area contributed by atoms with Crippen molar-refractivity contribution in [2.45, 2.75) is 63.5 Å². The molecule has 1 saturated heterocycles. The van der Waals surface area contributed by atoms with Crippen LogP contribution in [0, 0.1) is 0 Å². The highest BCUT2D eigenvalue weighted by molar-refractivity contribution is 5.84. The molecule has 0 spiro atoms. The van der Waals surface area contributed by atoms with Crippen LogP contribution in [0.3, 0.4) is 0 Å². The number of nitrogens with one attached hydrogen (secondary N) is 2. The van der Waals surface area contributed by atoms with Crippen LogP contribution in [0.15, 0.2) is 36.5 Å². The maximum atomic E-state index is 13.1.